The molecule has 0 saturated heterocycles. The van der Waals surface area contributed by atoms with Gasteiger partial charge in [-0.2, -0.15) is 0 Å². The Bertz CT molecular complexity index is 504. The average Bonchev–Trinajstić information content (AvgIpc) is 3.06. The maximum Gasteiger partial charge on any atom is 0.180 e. The van der Waals surface area contributed by atoms with Crippen LogP contribution in [-0.2, 0) is 9.84 Å². The molecule has 0 radical (unpaired) electrons. The van der Waals surface area contributed by atoms with Gasteiger partial charge in [-0.15, -0.1) is 0 Å². The molecule has 0 spiro atoms. The SMILES string of the molecule is CCS(=O)(=O)c1ccccc1NCC1(C)CC1. The normalized spacial score (nSPS) is 17.8. The fraction of sp³-hybridized carbons (Fsp3) is 0.538. The molecular weight excluding hydrogens is 234 g/mol. The first-order valence-corrected chi connectivity index (χ1v) is 7.68. The van der Waals surface area contributed by atoms with Gasteiger partial charge in [0.25, 0.3) is 0 Å². The molecule has 0 aromatic heterocycles. The zero-order chi connectivity index (χ0) is 12.5. The van der Waals surface area contributed by atoms with Crippen LogP contribution in [0.2, 0.25) is 0 Å². The molecule has 1 aromatic carbocycles. The highest BCUT2D eigenvalue weighted by Crippen LogP contribution is 2.45. The van der Waals surface area contributed by atoms with E-state index in [-0.39, 0.29) is 5.75 Å². The van der Waals surface area contributed by atoms with Crippen LogP contribution in [-0.4, -0.2) is 20.7 Å². The second-order valence-corrected chi connectivity index (χ2v) is 7.31. The summed E-state index contributed by atoms with van der Waals surface area (Å²) in [6.45, 7) is 4.74. The van der Waals surface area contributed by atoms with Crippen LogP contribution in [0.15, 0.2) is 29.2 Å². The lowest BCUT2D eigenvalue weighted by molar-refractivity contribution is 0.595. The van der Waals surface area contributed by atoms with Crippen LogP contribution in [0.4, 0.5) is 5.69 Å². The van der Waals surface area contributed by atoms with Crippen molar-refractivity contribution in [2.24, 2.45) is 5.41 Å². The van der Waals surface area contributed by atoms with Crippen molar-refractivity contribution >= 4 is 15.5 Å². The number of nitrogens with one attached hydrogen (secondary N) is 1. The topological polar surface area (TPSA) is 46.2 Å². The van der Waals surface area contributed by atoms with Gasteiger partial charge in [-0.25, -0.2) is 8.42 Å². The summed E-state index contributed by atoms with van der Waals surface area (Å²) in [7, 11) is -3.14. The van der Waals surface area contributed by atoms with Gasteiger partial charge in [0.15, 0.2) is 9.84 Å². The largest absolute Gasteiger partial charge is 0.383 e. The quantitative estimate of drug-likeness (QED) is 0.877. The van der Waals surface area contributed by atoms with E-state index in [2.05, 4.69) is 12.2 Å². The van der Waals surface area contributed by atoms with Crippen LogP contribution >= 0.6 is 0 Å². The highest BCUT2D eigenvalue weighted by atomic mass is 32.2. The van der Waals surface area contributed by atoms with Crippen molar-refractivity contribution in [1.82, 2.24) is 0 Å². The highest BCUT2D eigenvalue weighted by molar-refractivity contribution is 7.91. The minimum Gasteiger partial charge on any atom is -0.383 e. The molecular formula is C13H19NO2S. The summed E-state index contributed by atoms with van der Waals surface area (Å²) < 4.78 is 23.8. The molecule has 17 heavy (non-hydrogen) atoms. The standard InChI is InChI=1S/C13H19NO2S/c1-3-17(15,16)12-7-5-4-6-11(12)14-10-13(2)8-9-13/h4-7,14H,3,8-10H2,1-2H3. The van der Waals surface area contributed by atoms with Gasteiger partial charge in [0.1, 0.15) is 0 Å². The molecule has 2 rings (SSSR count). The number of anilines is 1. The van der Waals surface area contributed by atoms with Gasteiger partial charge in [0, 0.05) is 6.54 Å². The van der Waals surface area contributed by atoms with Crippen molar-refractivity contribution in [3.05, 3.63) is 24.3 Å². The fourth-order valence-corrected chi connectivity index (χ4v) is 2.81. The second kappa shape index (κ2) is 4.33. The number of hydrogen-bond donors (Lipinski definition) is 1. The van der Waals surface area contributed by atoms with E-state index in [4.69, 9.17) is 0 Å². The number of para-hydroxylation sites is 1. The minimum absolute atomic E-state index is 0.142. The summed E-state index contributed by atoms with van der Waals surface area (Å²) in [6.07, 6.45) is 2.45. The summed E-state index contributed by atoms with van der Waals surface area (Å²) in [5.74, 6) is 0.142. The lowest BCUT2D eigenvalue weighted by atomic mass is 10.1. The molecule has 0 amide bonds. The van der Waals surface area contributed by atoms with E-state index >= 15 is 0 Å². The monoisotopic (exact) mass is 253 g/mol. The first kappa shape index (κ1) is 12.4. The Labute approximate surface area is 103 Å². The van der Waals surface area contributed by atoms with E-state index < -0.39 is 9.84 Å². The molecule has 1 N–H and O–H groups in total. The van der Waals surface area contributed by atoms with Gasteiger partial charge in [0.05, 0.1) is 16.3 Å². The smallest absolute Gasteiger partial charge is 0.180 e. The Kier molecular flexibility index (Phi) is 3.17. The van der Waals surface area contributed by atoms with Gasteiger partial charge in [-0.1, -0.05) is 26.0 Å². The van der Waals surface area contributed by atoms with Crippen molar-refractivity contribution in [3.8, 4) is 0 Å². The molecule has 0 heterocycles. The van der Waals surface area contributed by atoms with E-state index in [1.54, 1.807) is 19.1 Å². The Balaban J connectivity index is 2.21. The van der Waals surface area contributed by atoms with Crippen molar-refractivity contribution in [2.75, 3.05) is 17.6 Å². The van der Waals surface area contributed by atoms with Crippen LogP contribution in [0.25, 0.3) is 0 Å². The maximum absolute atomic E-state index is 11.9. The Hall–Kier alpha value is -1.03. The predicted molar refractivity (Wildman–Crippen MR) is 70.0 cm³/mol. The number of hydrogen-bond acceptors (Lipinski definition) is 3. The van der Waals surface area contributed by atoms with Crippen molar-refractivity contribution in [2.45, 2.75) is 31.6 Å². The first-order chi connectivity index (χ1) is 7.97. The molecule has 4 heteroatoms. The van der Waals surface area contributed by atoms with Gasteiger partial charge >= 0.3 is 0 Å². The maximum atomic E-state index is 11.9. The minimum atomic E-state index is -3.14. The summed E-state index contributed by atoms with van der Waals surface area (Å²) in [6, 6.07) is 7.16. The molecule has 0 unspecified atom stereocenters. The van der Waals surface area contributed by atoms with Crippen LogP contribution in [0.1, 0.15) is 26.7 Å². The zero-order valence-corrected chi connectivity index (χ0v) is 11.2. The summed E-state index contributed by atoms with van der Waals surface area (Å²) in [5, 5.41) is 3.28. The van der Waals surface area contributed by atoms with Crippen molar-refractivity contribution in [3.63, 3.8) is 0 Å². The highest BCUT2D eigenvalue weighted by Gasteiger charge is 2.37. The Morgan fingerprint density at radius 2 is 1.94 bits per heavy atom. The van der Waals surface area contributed by atoms with E-state index in [1.807, 2.05) is 12.1 Å². The van der Waals surface area contributed by atoms with Crippen LogP contribution in [0.3, 0.4) is 0 Å². The van der Waals surface area contributed by atoms with Crippen molar-refractivity contribution in [1.29, 1.82) is 0 Å². The number of benzene rings is 1. The molecule has 0 bridgehead atoms. The first-order valence-electron chi connectivity index (χ1n) is 6.02. The van der Waals surface area contributed by atoms with E-state index in [0.29, 0.717) is 10.3 Å². The number of sulfone groups is 1. The van der Waals surface area contributed by atoms with Crippen LogP contribution < -0.4 is 5.32 Å². The summed E-state index contributed by atoms with van der Waals surface area (Å²) in [4.78, 5) is 0.423. The van der Waals surface area contributed by atoms with Gasteiger partial charge in [0.2, 0.25) is 0 Å². The van der Waals surface area contributed by atoms with E-state index in [1.165, 1.54) is 12.8 Å². The molecule has 1 saturated carbocycles. The zero-order valence-electron chi connectivity index (χ0n) is 10.4. The van der Waals surface area contributed by atoms with Gasteiger partial charge in [-0.05, 0) is 30.4 Å². The molecule has 1 aliphatic carbocycles. The van der Waals surface area contributed by atoms with E-state index in [0.717, 1.165) is 12.2 Å². The van der Waals surface area contributed by atoms with Crippen LogP contribution in [0, 0.1) is 5.41 Å². The molecule has 0 atom stereocenters. The third-order valence-electron chi connectivity index (χ3n) is 3.41. The molecule has 3 nitrogen and oxygen atoms in total. The third-order valence-corrected chi connectivity index (χ3v) is 5.20. The fourth-order valence-electron chi connectivity index (χ4n) is 1.74. The summed E-state index contributed by atoms with van der Waals surface area (Å²) in [5.41, 5.74) is 1.10. The molecule has 94 valence electrons. The third kappa shape index (κ3) is 2.80. The number of rotatable bonds is 5. The average molecular weight is 253 g/mol. The van der Waals surface area contributed by atoms with Crippen LogP contribution in [0.5, 0.6) is 0 Å². The lowest BCUT2D eigenvalue weighted by Crippen LogP contribution is -2.15. The van der Waals surface area contributed by atoms with Gasteiger partial charge < -0.3 is 5.32 Å². The molecule has 1 fully saturated rings. The van der Waals surface area contributed by atoms with E-state index in [9.17, 15) is 8.42 Å². The molecule has 1 aliphatic rings. The Morgan fingerprint density at radius 1 is 1.29 bits per heavy atom. The molecule has 0 aliphatic heterocycles. The van der Waals surface area contributed by atoms with Gasteiger partial charge in [-0.3, -0.25) is 0 Å². The predicted octanol–water partition coefficient (Wildman–Crippen LogP) is 2.69. The second-order valence-electron chi connectivity index (χ2n) is 5.06. The Morgan fingerprint density at radius 3 is 2.53 bits per heavy atom. The lowest BCUT2D eigenvalue weighted by Gasteiger charge is -2.14. The van der Waals surface area contributed by atoms with Crippen molar-refractivity contribution < 1.29 is 8.42 Å². The summed E-state index contributed by atoms with van der Waals surface area (Å²) >= 11 is 0. The molecule has 1 aromatic rings.